The van der Waals surface area contributed by atoms with Gasteiger partial charge < -0.3 is 25.6 Å². The molecule has 0 bridgehead atoms. The summed E-state index contributed by atoms with van der Waals surface area (Å²) in [5, 5.41) is 23.7. The average molecular weight is 483 g/mol. The third kappa shape index (κ3) is 7.34. The van der Waals surface area contributed by atoms with Crippen LogP contribution in [0.4, 0.5) is 13.2 Å². The number of hydrogen-bond donors (Lipinski definition) is 4. The average Bonchev–Trinajstić information content (AvgIpc) is 2.78. The van der Waals surface area contributed by atoms with Gasteiger partial charge in [0.1, 0.15) is 0 Å². The number of carbonyl (C=O) groups is 3. The predicted octanol–water partition coefficient (Wildman–Crippen LogP) is 0.128. The van der Waals surface area contributed by atoms with E-state index in [9.17, 15) is 27.9 Å². The molecule has 3 heterocycles. The monoisotopic (exact) mass is 482 g/mol. The van der Waals surface area contributed by atoms with Gasteiger partial charge in [-0.15, -0.1) is 0 Å². The van der Waals surface area contributed by atoms with E-state index in [1.165, 1.54) is 6.92 Å². The minimum Gasteiger partial charge on any atom is -0.478 e. The number of carbonyl (C=O) groups excluding carboxylic acids is 1. The zero-order chi connectivity index (χ0) is 24.6. The smallest absolute Gasteiger partial charge is 0.478 e. The van der Waals surface area contributed by atoms with Crippen LogP contribution in [0.1, 0.15) is 32.6 Å². The van der Waals surface area contributed by atoms with Gasteiger partial charge in [0.05, 0.1) is 6.10 Å². The Kier molecular flexibility index (Phi) is 10.0. The minimum absolute atomic E-state index is 0.192. The van der Waals surface area contributed by atoms with E-state index in [1.54, 1.807) is 4.90 Å². The summed E-state index contributed by atoms with van der Waals surface area (Å²) in [4.78, 5) is 37.8. The van der Waals surface area contributed by atoms with Crippen LogP contribution in [0.25, 0.3) is 0 Å². The van der Waals surface area contributed by atoms with Crippen molar-refractivity contribution in [1.82, 2.24) is 20.4 Å². The number of piperazine rings is 1. The first kappa shape index (κ1) is 27.4. The van der Waals surface area contributed by atoms with Gasteiger partial charge in [-0.2, -0.15) is 13.2 Å². The molecule has 0 aromatic heterocycles. The van der Waals surface area contributed by atoms with Gasteiger partial charge in [-0.1, -0.05) is 0 Å². The third-order valence-corrected chi connectivity index (χ3v) is 6.21. The fourth-order valence-electron chi connectivity index (χ4n) is 4.46. The highest BCUT2D eigenvalue weighted by molar-refractivity contribution is 6.05. The van der Waals surface area contributed by atoms with Crippen molar-refractivity contribution < 1.29 is 42.5 Å². The number of aliphatic carboxylic acids is 2. The number of carboxylic acids is 2. The van der Waals surface area contributed by atoms with E-state index in [0.29, 0.717) is 19.1 Å². The number of likely N-dealkylation sites (tertiary alicyclic amines) is 1. The lowest BCUT2D eigenvalue weighted by molar-refractivity contribution is -0.215. The number of nitrogens with one attached hydrogen (secondary N) is 2. The van der Waals surface area contributed by atoms with Crippen LogP contribution in [0, 0.1) is 0 Å². The Labute approximate surface area is 190 Å². The van der Waals surface area contributed by atoms with Crippen molar-refractivity contribution in [2.75, 3.05) is 52.4 Å². The van der Waals surface area contributed by atoms with Crippen LogP contribution in [0.15, 0.2) is 0 Å². The second kappa shape index (κ2) is 12.1. The molecule has 33 heavy (non-hydrogen) atoms. The zero-order valence-corrected chi connectivity index (χ0v) is 18.7. The van der Waals surface area contributed by atoms with Crippen molar-refractivity contribution in [3.63, 3.8) is 0 Å². The van der Waals surface area contributed by atoms with Gasteiger partial charge in [-0.25, -0.2) is 9.59 Å². The molecule has 0 aromatic carbocycles. The van der Waals surface area contributed by atoms with Crippen LogP contribution in [0.3, 0.4) is 0 Å². The standard InChI is InChI=1S/C18H32N4O4.C2HF3O2/c1-14(23)18(17(24)25,26-16-2-6-19-7-3-16)22-10-4-15(5-11-22)21-12-8-20-9-13-21;3-2(4,5)1(6)7/h15-16,19-20H,2-13H2,1H3,(H,24,25);(H,6,7). The van der Waals surface area contributed by atoms with Crippen molar-refractivity contribution in [3.8, 4) is 0 Å². The van der Waals surface area contributed by atoms with Gasteiger partial charge in [0.25, 0.3) is 5.72 Å². The van der Waals surface area contributed by atoms with E-state index >= 15 is 0 Å². The molecule has 0 saturated carbocycles. The van der Waals surface area contributed by atoms with Gasteiger partial charge in [-0.3, -0.25) is 14.6 Å². The molecule has 0 amide bonds. The first-order valence-corrected chi connectivity index (χ1v) is 11.1. The van der Waals surface area contributed by atoms with Crippen molar-refractivity contribution in [3.05, 3.63) is 0 Å². The van der Waals surface area contributed by atoms with Gasteiger partial charge in [0.15, 0.2) is 5.78 Å². The lowest BCUT2D eigenvalue weighted by Gasteiger charge is -2.46. The Balaban J connectivity index is 0.000000479. The molecule has 3 rings (SSSR count). The molecule has 4 N–H and O–H groups in total. The predicted molar refractivity (Wildman–Crippen MR) is 111 cm³/mol. The number of piperidine rings is 2. The summed E-state index contributed by atoms with van der Waals surface area (Å²) in [7, 11) is 0. The highest BCUT2D eigenvalue weighted by atomic mass is 19.4. The summed E-state index contributed by atoms with van der Waals surface area (Å²) >= 11 is 0. The third-order valence-electron chi connectivity index (χ3n) is 6.21. The highest BCUT2D eigenvalue weighted by Crippen LogP contribution is 2.29. The summed E-state index contributed by atoms with van der Waals surface area (Å²) in [6, 6.07) is 0.464. The van der Waals surface area contributed by atoms with E-state index in [1.807, 2.05) is 0 Å². The number of halogens is 3. The Morgan fingerprint density at radius 2 is 1.33 bits per heavy atom. The zero-order valence-electron chi connectivity index (χ0n) is 18.7. The first-order valence-electron chi connectivity index (χ1n) is 11.1. The van der Waals surface area contributed by atoms with Crippen LogP contribution in [-0.2, 0) is 19.1 Å². The van der Waals surface area contributed by atoms with Crippen molar-refractivity contribution in [1.29, 1.82) is 0 Å². The number of ketones is 1. The van der Waals surface area contributed by atoms with E-state index in [0.717, 1.165) is 65.0 Å². The Morgan fingerprint density at radius 1 is 0.848 bits per heavy atom. The van der Waals surface area contributed by atoms with Crippen molar-refractivity contribution in [2.24, 2.45) is 0 Å². The maximum atomic E-state index is 12.5. The van der Waals surface area contributed by atoms with E-state index in [-0.39, 0.29) is 6.10 Å². The number of alkyl halides is 3. The lowest BCUT2D eigenvalue weighted by atomic mass is 9.97. The maximum absolute atomic E-state index is 12.5. The van der Waals surface area contributed by atoms with Crippen LogP contribution in [0.2, 0.25) is 0 Å². The van der Waals surface area contributed by atoms with Crippen LogP contribution in [0.5, 0.6) is 0 Å². The summed E-state index contributed by atoms with van der Waals surface area (Å²) in [5.74, 6) is -4.36. The second-order valence-corrected chi connectivity index (χ2v) is 8.38. The molecule has 13 heteroatoms. The summed E-state index contributed by atoms with van der Waals surface area (Å²) in [5.41, 5.74) is -1.84. The minimum atomic E-state index is -5.08. The molecule has 0 aromatic rings. The van der Waals surface area contributed by atoms with E-state index in [4.69, 9.17) is 14.6 Å². The Bertz CT molecular complexity index is 659. The van der Waals surface area contributed by atoms with Crippen LogP contribution < -0.4 is 10.6 Å². The van der Waals surface area contributed by atoms with E-state index in [2.05, 4.69) is 15.5 Å². The topological polar surface area (TPSA) is 131 Å². The fraction of sp³-hybridized carbons (Fsp3) is 0.850. The van der Waals surface area contributed by atoms with Gasteiger partial charge >= 0.3 is 18.1 Å². The summed E-state index contributed by atoms with van der Waals surface area (Å²) < 4.78 is 37.8. The van der Waals surface area contributed by atoms with Gasteiger partial charge in [-0.05, 0) is 45.7 Å². The largest absolute Gasteiger partial charge is 0.490 e. The number of rotatable bonds is 6. The number of ether oxygens (including phenoxy) is 1. The number of nitrogens with zero attached hydrogens (tertiary/aromatic N) is 2. The molecule has 0 spiro atoms. The molecule has 0 radical (unpaired) electrons. The molecule has 0 aliphatic carbocycles. The summed E-state index contributed by atoms with van der Waals surface area (Å²) in [6.45, 7) is 8.16. The molecular weight excluding hydrogens is 449 g/mol. The van der Waals surface area contributed by atoms with E-state index < -0.39 is 29.6 Å². The van der Waals surface area contributed by atoms with Crippen molar-refractivity contribution in [2.45, 2.75) is 56.7 Å². The molecule has 3 fully saturated rings. The first-order chi connectivity index (χ1) is 15.5. The fourth-order valence-corrected chi connectivity index (χ4v) is 4.46. The Morgan fingerprint density at radius 3 is 1.76 bits per heavy atom. The number of hydrogen-bond acceptors (Lipinski definition) is 8. The second-order valence-electron chi connectivity index (χ2n) is 8.38. The number of carboxylic acid groups (broad SMARTS) is 2. The molecule has 3 aliphatic rings. The highest BCUT2D eigenvalue weighted by Gasteiger charge is 2.53. The van der Waals surface area contributed by atoms with Crippen LogP contribution >= 0.6 is 0 Å². The number of Topliss-reactive ketones (excluding diaryl/α,β-unsaturated/α-hetero) is 1. The molecule has 1 unspecified atom stereocenters. The van der Waals surface area contributed by atoms with Crippen LogP contribution in [-0.4, -0.2) is 114 Å². The Hall–Kier alpha value is -1.80. The SMILES string of the molecule is CC(=O)C(OC1CCNCC1)(C(=O)O)N1CCC(N2CCNCC2)CC1.O=C(O)C(F)(F)F. The molecule has 1 atom stereocenters. The molecular formula is C20H33F3N4O6. The quantitative estimate of drug-likeness (QED) is 0.388. The van der Waals surface area contributed by atoms with Gasteiger partial charge in [0, 0.05) is 45.3 Å². The lowest BCUT2D eigenvalue weighted by Crippen LogP contribution is -2.65. The van der Waals surface area contributed by atoms with Gasteiger partial charge in [0.2, 0.25) is 0 Å². The molecule has 3 aliphatic heterocycles. The van der Waals surface area contributed by atoms with Crippen molar-refractivity contribution >= 4 is 17.7 Å². The molecule has 3 saturated heterocycles. The summed E-state index contributed by atoms with van der Waals surface area (Å²) in [6.07, 6.45) is -2.06. The molecule has 10 nitrogen and oxygen atoms in total. The maximum Gasteiger partial charge on any atom is 0.490 e. The molecule has 190 valence electrons. The normalized spacial score (nSPS) is 23.8.